The lowest BCUT2D eigenvalue weighted by atomic mass is 9.79. The number of rotatable bonds is 3. The third kappa shape index (κ3) is 2.99. The number of amides is 1. The second-order valence-electron chi connectivity index (χ2n) is 5.48. The van der Waals surface area contributed by atoms with Crippen molar-refractivity contribution in [2.45, 2.75) is 30.7 Å². The summed E-state index contributed by atoms with van der Waals surface area (Å²) in [6, 6.07) is 6.62. The molecule has 0 saturated carbocycles. The highest BCUT2D eigenvalue weighted by Gasteiger charge is 2.52. The smallest absolute Gasteiger partial charge is 0.396 e. The maximum Gasteiger partial charge on any atom is 0.496 e. The summed E-state index contributed by atoms with van der Waals surface area (Å²) in [6.07, 6.45) is -5.13. The van der Waals surface area contributed by atoms with Crippen molar-refractivity contribution in [1.82, 2.24) is 5.32 Å². The van der Waals surface area contributed by atoms with Crippen molar-refractivity contribution < 1.29 is 34.2 Å². The van der Waals surface area contributed by atoms with Crippen molar-refractivity contribution in [2.24, 2.45) is 0 Å². The standard InChI is InChI=1S/C14H18BNO7/c1-16-13(20)7-2-4-8(5-3-7)15-22-12-11(19)10(18)9(6-17)21-14(12)23-15/h2-5,9-12,14,17-19H,6H2,1H3,(H,16,20)/t9-,10-,11+,12-,14-/m1/s1. The Bertz CT molecular complexity index is 569. The van der Waals surface area contributed by atoms with Crippen molar-refractivity contribution in [3.05, 3.63) is 29.8 Å². The predicted molar refractivity (Wildman–Crippen MR) is 78.9 cm³/mol. The summed E-state index contributed by atoms with van der Waals surface area (Å²) < 4.78 is 16.6. The Morgan fingerprint density at radius 3 is 2.52 bits per heavy atom. The molecule has 2 heterocycles. The van der Waals surface area contributed by atoms with E-state index in [4.69, 9.17) is 19.2 Å². The zero-order valence-electron chi connectivity index (χ0n) is 12.5. The fourth-order valence-electron chi connectivity index (χ4n) is 2.70. The number of nitrogens with one attached hydrogen (secondary N) is 1. The van der Waals surface area contributed by atoms with Crippen molar-refractivity contribution in [3.63, 3.8) is 0 Å². The summed E-state index contributed by atoms with van der Waals surface area (Å²) in [5.74, 6) is -0.203. The van der Waals surface area contributed by atoms with Crippen molar-refractivity contribution in [2.75, 3.05) is 13.7 Å². The molecule has 0 radical (unpaired) electrons. The van der Waals surface area contributed by atoms with Crippen LogP contribution in [0.2, 0.25) is 0 Å². The molecule has 0 aliphatic carbocycles. The molecule has 0 bridgehead atoms. The molecule has 1 aromatic rings. The molecule has 2 fully saturated rings. The van der Waals surface area contributed by atoms with Crippen LogP contribution in [0, 0.1) is 0 Å². The summed E-state index contributed by atoms with van der Waals surface area (Å²) >= 11 is 0. The molecule has 0 unspecified atom stereocenters. The molecule has 1 aromatic carbocycles. The Morgan fingerprint density at radius 1 is 1.22 bits per heavy atom. The van der Waals surface area contributed by atoms with Gasteiger partial charge in [-0.15, -0.1) is 0 Å². The molecular formula is C14H18BNO7. The van der Waals surface area contributed by atoms with Crippen LogP contribution < -0.4 is 10.8 Å². The second kappa shape index (κ2) is 6.56. The normalized spacial score (nSPS) is 33.4. The molecule has 8 nitrogen and oxygen atoms in total. The molecule has 2 aliphatic rings. The maximum atomic E-state index is 11.5. The molecule has 23 heavy (non-hydrogen) atoms. The molecule has 5 atom stereocenters. The first-order valence-corrected chi connectivity index (χ1v) is 7.30. The van der Waals surface area contributed by atoms with Crippen LogP contribution in [0.15, 0.2) is 24.3 Å². The summed E-state index contributed by atoms with van der Waals surface area (Å²) in [4.78, 5) is 11.5. The van der Waals surface area contributed by atoms with E-state index in [-0.39, 0.29) is 5.91 Å². The molecule has 2 aliphatic heterocycles. The average Bonchev–Trinajstić information content (AvgIpc) is 3.01. The molecule has 0 spiro atoms. The van der Waals surface area contributed by atoms with Gasteiger partial charge in [-0.2, -0.15) is 0 Å². The minimum Gasteiger partial charge on any atom is -0.396 e. The van der Waals surface area contributed by atoms with E-state index in [2.05, 4.69) is 5.32 Å². The van der Waals surface area contributed by atoms with Crippen LogP contribution in [-0.2, 0) is 14.0 Å². The summed E-state index contributed by atoms with van der Waals surface area (Å²) in [5, 5.41) is 31.6. The van der Waals surface area contributed by atoms with E-state index in [0.717, 1.165) is 0 Å². The maximum absolute atomic E-state index is 11.5. The van der Waals surface area contributed by atoms with Gasteiger partial charge in [0.25, 0.3) is 5.91 Å². The highest BCUT2D eigenvalue weighted by Crippen LogP contribution is 2.29. The molecule has 1 amide bonds. The van der Waals surface area contributed by atoms with Crippen LogP contribution in [0.5, 0.6) is 0 Å². The largest absolute Gasteiger partial charge is 0.496 e. The van der Waals surface area contributed by atoms with Gasteiger partial charge in [0.15, 0.2) is 6.29 Å². The number of aliphatic hydroxyl groups excluding tert-OH is 3. The average molecular weight is 323 g/mol. The number of ether oxygens (including phenoxy) is 1. The highest BCUT2D eigenvalue weighted by atomic mass is 16.8. The summed E-state index contributed by atoms with van der Waals surface area (Å²) in [7, 11) is 0.759. The van der Waals surface area contributed by atoms with Gasteiger partial charge >= 0.3 is 7.12 Å². The third-order valence-corrected chi connectivity index (χ3v) is 4.04. The van der Waals surface area contributed by atoms with Gasteiger partial charge < -0.3 is 34.7 Å². The number of hydrogen-bond acceptors (Lipinski definition) is 7. The Morgan fingerprint density at radius 2 is 1.91 bits per heavy atom. The topological polar surface area (TPSA) is 117 Å². The molecule has 9 heteroatoms. The lowest BCUT2D eigenvalue weighted by Gasteiger charge is -2.37. The Kier molecular flexibility index (Phi) is 4.67. The number of carbonyl (C=O) groups is 1. The van der Waals surface area contributed by atoms with Crippen molar-refractivity contribution in [3.8, 4) is 0 Å². The van der Waals surface area contributed by atoms with Crippen LogP contribution in [-0.4, -0.2) is 72.7 Å². The van der Waals surface area contributed by atoms with Gasteiger partial charge in [-0.3, -0.25) is 4.79 Å². The van der Waals surface area contributed by atoms with Gasteiger partial charge in [-0.25, -0.2) is 0 Å². The van der Waals surface area contributed by atoms with E-state index in [0.29, 0.717) is 11.0 Å². The van der Waals surface area contributed by atoms with Crippen LogP contribution >= 0.6 is 0 Å². The zero-order valence-corrected chi connectivity index (χ0v) is 12.5. The van der Waals surface area contributed by atoms with Crippen LogP contribution in [0.4, 0.5) is 0 Å². The molecule has 0 aromatic heterocycles. The second-order valence-corrected chi connectivity index (χ2v) is 5.48. The van der Waals surface area contributed by atoms with Gasteiger partial charge in [-0.1, -0.05) is 12.1 Å². The lowest BCUT2D eigenvalue weighted by molar-refractivity contribution is -0.249. The Hall–Kier alpha value is -1.49. The first kappa shape index (κ1) is 16.4. The number of benzene rings is 1. The monoisotopic (exact) mass is 323 g/mol. The molecule has 2 saturated heterocycles. The Labute approximate surface area is 133 Å². The van der Waals surface area contributed by atoms with Crippen LogP contribution in [0.3, 0.4) is 0 Å². The lowest BCUT2D eigenvalue weighted by Crippen LogP contribution is -2.57. The van der Waals surface area contributed by atoms with E-state index in [1.165, 1.54) is 0 Å². The van der Waals surface area contributed by atoms with Gasteiger partial charge in [0.2, 0.25) is 0 Å². The number of aliphatic hydroxyl groups is 3. The number of carbonyl (C=O) groups excluding carboxylic acids is 1. The van der Waals surface area contributed by atoms with Gasteiger partial charge in [0.1, 0.15) is 24.4 Å². The van der Waals surface area contributed by atoms with Gasteiger partial charge in [-0.05, 0) is 17.6 Å². The quantitative estimate of drug-likeness (QED) is 0.458. The van der Waals surface area contributed by atoms with Crippen LogP contribution in [0.25, 0.3) is 0 Å². The van der Waals surface area contributed by atoms with E-state index in [1.54, 1.807) is 31.3 Å². The summed E-state index contributed by atoms with van der Waals surface area (Å²) in [5.41, 5.74) is 1.15. The fraction of sp³-hybridized carbons (Fsp3) is 0.500. The molecule has 4 N–H and O–H groups in total. The van der Waals surface area contributed by atoms with Crippen molar-refractivity contribution >= 4 is 18.5 Å². The minimum absolute atomic E-state index is 0.203. The number of hydrogen-bond donors (Lipinski definition) is 4. The minimum atomic E-state index is -1.25. The predicted octanol–water partition coefficient (Wildman–Crippen LogP) is -2.40. The van der Waals surface area contributed by atoms with E-state index >= 15 is 0 Å². The third-order valence-electron chi connectivity index (χ3n) is 4.04. The van der Waals surface area contributed by atoms with E-state index in [9.17, 15) is 15.0 Å². The van der Waals surface area contributed by atoms with Gasteiger partial charge in [0, 0.05) is 12.6 Å². The summed E-state index contributed by atoms with van der Waals surface area (Å²) in [6.45, 7) is -0.434. The highest BCUT2D eigenvalue weighted by molar-refractivity contribution is 6.61. The molecular weight excluding hydrogens is 305 g/mol. The molecule has 124 valence electrons. The van der Waals surface area contributed by atoms with Crippen molar-refractivity contribution in [1.29, 1.82) is 0 Å². The van der Waals surface area contributed by atoms with Gasteiger partial charge in [0.05, 0.1) is 6.61 Å². The first-order chi connectivity index (χ1) is 11.0. The first-order valence-electron chi connectivity index (χ1n) is 7.30. The van der Waals surface area contributed by atoms with Crippen LogP contribution in [0.1, 0.15) is 10.4 Å². The number of fused-ring (bicyclic) bond motifs is 1. The molecule has 3 rings (SSSR count). The zero-order chi connectivity index (χ0) is 16.6. The van der Waals surface area contributed by atoms with E-state index in [1.807, 2.05) is 0 Å². The Balaban J connectivity index is 1.73. The SMILES string of the molecule is CNC(=O)c1ccc(B2O[C@H]3O[C@H](CO)[C@@H](O)[C@H](O)[C@H]3O2)cc1. The van der Waals surface area contributed by atoms with E-state index < -0.39 is 44.4 Å². The fourth-order valence-corrected chi connectivity index (χ4v) is 2.70.